The average molecular weight is 378 g/mol. The number of rotatable bonds is 5. The van der Waals surface area contributed by atoms with Crippen molar-refractivity contribution >= 4 is 5.97 Å². The van der Waals surface area contributed by atoms with E-state index in [0.29, 0.717) is 12.2 Å². The Morgan fingerprint density at radius 1 is 0.621 bits per heavy atom. The third-order valence-electron chi connectivity index (χ3n) is 4.89. The smallest absolute Gasteiger partial charge is 0.339 e. The second-order valence-electron chi connectivity index (χ2n) is 6.76. The van der Waals surface area contributed by atoms with E-state index in [-0.39, 0.29) is 5.97 Å². The molecule has 2 nitrogen and oxygen atoms in total. The van der Waals surface area contributed by atoms with Crippen LogP contribution in [0.15, 0.2) is 103 Å². The van der Waals surface area contributed by atoms with E-state index in [2.05, 4.69) is 24.3 Å². The van der Waals surface area contributed by atoms with Crippen LogP contribution in [0.5, 0.6) is 0 Å². The molecule has 0 unspecified atom stereocenters. The molecule has 0 saturated carbocycles. The number of hydrogen-bond donors (Lipinski definition) is 0. The maximum atomic E-state index is 13.1. The molecule has 0 amide bonds. The van der Waals surface area contributed by atoms with Gasteiger partial charge in [0.2, 0.25) is 0 Å². The standard InChI is InChI=1S/C27H22O2/c1-2-29-27(28)26-24(21-14-8-4-9-15-21)18-23(20-12-6-3-7-13-20)19-25(26)22-16-10-5-11-17-22/h3-19H,2H2,1H3. The average Bonchev–Trinajstić information content (AvgIpc) is 2.80. The molecule has 0 aliphatic carbocycles. The van der Waals surface area contributed by atoms with Crippen LogP contribution in [0.3, 0.4) is 0 Å². The van der Waals surface area contributed by atoms with E-state index in [0.717, 1.165) is 33.4 Å². The highest BCUT2D eigenvalue weighted by molar-refractivity contribution is 6.05. The molecule has 0 heterocycles. The predicted molar refractivity (Wildman–Crippen MR) is 119 cm³/mol. The summed E-state index contributed by atoms with van der Waals surface area (Å²) in [5, 5.41) is 0. The highest BCUT2D eigenvalue weighted by Gasteiger charge is 2.21. The first-order chi connectivity index (χ1) is 14.3. The van der Waals surface area contributed by atoms with Crippen LogP contribution in [0.2, 0.25) is 0 Å². The number of ether oxygens (including phenoxy) is 1. The molecule has 0 atom stereocenters. The first kappa shape index (κ1) is 18.7. The Kier molecular flexibility index (Phi) is 5.53. The third-order valence-corrected chi connectivity index (χ3v) is 4.89. The monoisotopic (exact) mass is 378 g/mol. The lowest BCUT2D eigenvalue weighted by Gasteiger charge is -2.17. The van der Waals surface area contributed by atoms with E-state index in [9.17, 15) is 4.79 Å². The van der Waals surface area contributed by atoms with Crippen molar-refractivity contribution in [1.82, 2.24) is 0 Å². The Morgan fingerprint density at radius 3 is 1.45 bits per heavy atom. The van der Waals surface area contributed by atoms with E-state index < -0.39 is 0 Å². The molecule has 4 rings (SSSR count). The molecule has 0 aliphatic rings. The lowest BCUT2D eigenvalue weighted by Crippen LogP contribution is -2.09. The fourth-order valence-corrected chi connectivity index (χ4v) is 3.55. The van der Waals surface area contributed by atoms with Crippen molar-refractivity contribution in [2.75, 3.05) is 6.61 Å². The molecule has 4 aromatic carbocycles. The number of hydrogen-bond acceptors (Lipinski definition) is 2. The van der Waals surface area contributed by atoms with Crippen molar-refractivity contribution in [1.29, 1.82) is 0 Å². The van der Waals surface area contributed by atoms with Crippen LogP contribution in [0, 0.1) is 0 Å². The molecule has 0 spiro atoms. The minimum Gasteiger partial charge on any atom is -0.462 e. The topological polar surface area (TPSA) is 26.3 Å². The van der Waals surface area contributed by atoms with Crippen LogP contribution in [0.25, 0.3) is 33.4 Å². The van der Waals surface area contributed by atoms with Gasteiger partial charge in [-0.15, -0.1) is 0 Å². The minimum absolute atomic E-state index is 0.301. The van der Waals surface area contributed by atoms with Crippen LogP contribution >= 0.6 is 0 Å². The van der Waals surface area contributed by atoms with Gasteiger partial charge in [0.15, 0.2) is 0 Å². The van der Waals surface area contributed by atoms with Gasteiger partial charge in [-0.05, 0) is 52.4 Å². The highest BCUT2D eigenvalue weighted by Crippen LogP contribution is 2.37. The molecular weight excluding hydrogens is 356 g/mol. The number of benzene rings is 4. The van der Waals surface area contributed by atoms with E-state index in [4.69, 9.17) is 4.74 Å². The zero-order valence-electron chi connectivity index (χ0n) is 16.3. The summed E-state index contributed by atoms with van der Waals surface area (Å²) >= 11 is 0. The Morgan fingerprint density at radius 2 is 1.03 bits per heavy atom. The molecule has 0 radical (unpaired) electrons. The molecule has 0 saturated heterocycles. The molecule has 4 aromatic rings. The molecule has 0 bridgehead atoms. The third kappa shape index (κ3) is 3.97. The van der Waals surface area contributed by atoms with Crippen LogP contribution in [0.4, 0.5) is 0 Å². The summed E-state index contributed by atoms with van der Waals surface area (Å²) in [5.74, 6) is -0.301. The van der Waals surface area contributed by atoms with Crippen LogP contribution < -0.4 is 0 Å². The molecule has 0 fully saturated rings. The van der Waals surface area contributed by atoms with Gasteiger partial charge in [0.25, 0.3) is 0 Å². The SMILES string of the molecule is CCOC(=O)c1c(-c2ccccc2)cc(-c2ccccc2)cc1-c1ccccc1. The van der Waals surface area contributed by atoms with Gasteiger partial charge in [0.1, 0.15) is 0 Å². The first-order valence-electron chi connectivity index (χ1n) is 9.79. The summed E-state index contributed by atoms with van der Waals surface area (Å²) < 4.78 is 5.46. The second kappa shape index (κ2) is 8.57. The maximum absolute atomic E-state index is 13.1. The van der Waals surface area contributed by atoms with Gasteiger partial charge in [0, 0.05) is 0 Å². The lowest BCUT2D eigenvalue weighted by molar-refractivity contribution is 0.0528. The van der Waals surface area contributed by atoms with E-state index in [1.54, 1.807) is 0 Å². The first-order valence-corrected chi connectivity index (χ1v) is 9.79. The van der Waals surface area contributed by atoms with E-state index >= 15 is 0 Å². The van der Waals surface area contributed by atoms with E-state index in [1.165, 1.54) is 0 Å². The molecule has 0 aliphatic heterocycles. The predicted octanol–water partition coefficient (Wildman–Crippen LogP) is 6.86. The van der Waals surface area contributed by atoms with Crippen LogP contribution in [-0.4, -0.2) is 12.6 Å². The Hall–Kier alpha value is -3.65. The van der Waals surface area contributed by atoms with Gasteiger partial charge in [0.05, 0.1) is 12.2 Å². The van der Waals surface area contributed by atoms with Gasteiger partial charge < -0.3 is 4.74 Å². The Bertz CT molecular complexity index is 1040. The molecular formula is C27H22O2. The van der Waals surface area contributed by atoms with Crippen molar-refractivity contribution < 1.29 is 9.53 Å². The summed E-state index contributed by atoms with van der Waals surface area (Å²) in [5.41, 5.74) is 6.52. The fraction of sp³-hybridized carbons (Fsp3) is 0.0741. The van der Waals surface area contributed by atoms with Crippen molar-refractivity contribution in [3.63, 3.8) is 0 Å². The summed E-state index contributed by atoms with van der Waals surface area (Å²) in [6.45, 7) is 2.17. The van der Waals surface area contributed by atoms with Gasteiger partial charge in [-0.2, -0.15) is 0 Å². The van der Waals surface area contributed by atoms with Crippen molar-refractivity contribution in [2.24, 2.45) is 0 Å². The molecule has 0 aromatic heterocycles. The number of esters is 1. The van der Waals surface area contributed by atoms with Crippen molar-refractivity contribution in [3.05, 3.63) is 109 Å². The highest BCUT2D eigenvalue weighted by atomic mass is 16.5. The van der Waals surface area contributed by atoms with Crippen molar-refractivity contribution in [2.45, 2.75) is 6.92 Å². The molecule has 2 heteroatoms. The van der Waals surface area contributed by atoms with Crippen LogP contribution in [-0.2, 0) is 4.74 Å². The maximum Gasteiger partial charge on any atom is 0.339 e. The second-order valence-corrected chi connectivity index (χ2v) is 6.76. The van der Waals surface area contributed by atoms with Crippen LogP contribution in [0.1, 0.15) is 17.3 Å². The van der Waals surface area contributed by atoms with Gasteiger partial charge in [-0.3, -0.25) is 0 Å². The van der Waals surface area contributed by atoms with Gasteiger partial charge in [-0.25, -0.2) is 4.79 Å². The lowest BCUT2D eigenvalue weighted by atomic mass is 9.88. The Balaban J connectivity index is 2.05. The normalized spacial score (nSPS) is 10.5. The molecule has 0 N–H and O–H groups in total. The summed E-state index contributed by atoms with van der Waals surface area (Å²) in [7, 11) is 0. The molecule has 29 heavy (non-hydrogen) atoms. The van der Waals surface area contributed by atoms with Crippen molar-refractivity contribution in [3.8, 4) is 33.4 Å². The largest absolute Gasteiger partial charge is 0.462 e. The van der Waals surface area contributed by atoms with Gasteiger partial charge >= 0.3 is 5.97 Å². The molecule has 142 valence electrons. The minimum atomic E-state index is -0.301. The van der Waals surface area contributed by atoms with E-state index in [1.807, 2.05) is 85.8 Å². The number of carbonyl (C=O) groups excluding carboxylic acids is 1. The fourth-order valence-electron chi connectivity index (χ4n) is 3.55. The van der Waals surface area contributed by atoms with Gasteiger partial charge in [-0.1, -0.05) is 91.0 Å². The zero-order chi connectivity index (χ0) is 20.1. The quantitative estimate of drug-likeness (QED) is 0.354. The summed E-state index contributed by atoms with van der Waals surface area (Å²) in [6.07, 6.45) is 0. The number of carbonyl (C=O) groups is 1. The Labute approximate surface area is 171 Å². The summed E-state index contributed by atoms with van der Waals surface area (Å²) in [6, 6.07) is 34.4. The zero-order valence-corrected chi connectivity index (χ0v) is 16.3. The summed E-state index contributed by atoms with van der Waals surface area (Å²) in [4.78, 5) is 13.1.